The monoisotopic (exact) mass is 418 g/mol. The van der Waals surface area contributed by atoms with Crippen LogP contribution in [0.15, 0.2) is 0 Å². The van der Waals surface area contributed by atoms with Gasteiger partial charge in [0.15, 0.2) is 0 Å². The Morgan fingerprint density at radius 3 is 0.720 bits per heavy atom. The minimum absolute atomic E-state index is 1.97. The molecule has 0 spiro atoms. The highest BCUT2D eigenvalue weighted by Crippen LogP contribution is 2.50. The molecule has 0 saturated carbocycles. The zero-order valence-corrected chi connectivity index (χ0v) is 10.6. The lowest BCUT2D eigenvalue weighted by molar-refractivity contribution is -0.421. The zero-order chi connectivity index (χ0) is 20.9. The predicted molar refractivity (Wildman–Crippen MR) is 42.8 cm³/mol. The van der Waals surface area contributed by atoms with E-state index in [2.05, 4.69) is 0 Å². The molecular formula is C8H2F16O. The van der Waals surface area contributed by atoms with Crippen LogP contribution in [0.25, 0.3) is 0 Å². The molecule has 0 amide bonds. The lowest BCUT2D eigenvalue weighted by Crippen LogP contribution is -2.62. The molecule has 25 heavy (non-hydrogen) atoms. The number of rotatable bonds is 4. The Morgan fingerprint density at radius 2 is 0.600 bits per heavy atom. The van der Waals surface area contributed by atoms with Gasteiger partial charge in [-0.3, -0.25) is 0 Å². The molecule has 0 aromatic heterocycles. The van der Waals surface area contributed by atoms with Gasteiger partial charge in [-0.2, -0.15) is 70.2 Å². The van der Waals surface area contributed by atoms with Gasteiger partial charge in [0.1, 0.15) is 0 Å². The van der Waals surface area contributed by atoms with Gasteiger partial charge in [-0.05, 0) is 0 Å². The van der Waals surface area contributed by atoms with Gasteiger partial charge in [-0.25, -0.2) is 0 Å². The fraction of sp³-hybridized carbons (Fsp3) is 1.00. The van der Waals surface area contributed by atoms with E-state index >= 15 is 0 Å². The Balaban J connectivity index is 6.25. The number of ether oxygens (including phenoxy) is 1. The second kappa shape index (κ2) is 6.22. The second-order valence-electron chi connectivity index (χ2n) is 4.22. The minimum Gasteiger partial charge on any atom is -0.344 e. The summed E-state index contributed by atoms with van der Waals surface area (Å²) in [6.45, 7) is 0. The summed E-state index contributed by atoms with van der Waals surface area (Å²) in [5, 5.41) is 0. The Labute approximate surface area is 125 Å². The van der Waals surface area contributed by atoms with Crippen LogP contribution in [0.3, 0.4) is 0 Å². The highest BCUT2D eigenvalue weighted by molar-refractivity contribution is 4.96. The molecule has 0 aliphatic heterocycles. The third-order valence-electron chi connectivity index (χ3n) is 2.28. The van der Waals surface area contributed by atoms with Gasteiger partial charge in [0.25, 0.3) is 0 Å². The maximum Gasteiger partial charge on any atom is 0.456 e. The molecule has 0 bridgehead atoms. The molecule has 17 heteroatoms. The molecule has 0 aromatic rings. The van der Waals surface area contributed by atoms with E-state index in [1.165, 1.54) is 0 Å². The van der Waals surface area contributed by atoms with Crippen molar-refractivity contribution in [3.8, 4) is 0 Å². The average Bonchev–Trinajstić information content (AvgIpc) is 2.20. The predicted octanol–water partition coefficient (Wildman–Crippen LogP) is 5.26. The van der Waals surface area contributed by atoms with Crippen molar-refractivity contribution in [2.24, 2.45) is 0 Å². The van der Waals surface area contributed by atoms with Crippen molar-refractivity contribution in [1.82, 2.24) is 0 Å². The van der Waals surface area contributed by atoms with Crippen LogP contribution in [0.2, 0.25) is 0 Å². The second-order valence-corrected chi connectivity index (χ2v) is 4.22. The summed E-state index contributed by atoms with van der Waals surface area (Å²) in [6.07, 6.45) is -40.7. The highest BCUT2D eigenvalue weighted by Gasteiger charge is 2.76. The van der Waals surface area contributed by atoms with Crippen LogP contribution < -0.4 is 0 Å². The van der Waals surface area contributed by atoms with Crippen molar-refractivity contribution < 1.29 is 75.0 Å². The van der Waals surface area contributed by atoms with Gasteiger partial charge in [0.2, 0.25) is 12.2 Å². The molecule has 1 nitrogen and oxygen atoms in total. The Bertz CT molecular complexity index is 407. The zero-order valence-electron chi connectivity index (χ0n) is 10.6. The van der Waals surface area contributed by atoms with Crippen LogP contribution in [0, 0.1) is 0 Å². The van der Waals surface area contributed by atoms with Crippen molar-refractivity contribution >= 4 is 0 Å². The third-order valence-corrected chi connectivity index (χ3v) is 2.28. The summed E-state index contributed by atoms with van der Waals surface area (Å²) >= 11 is 0. The molecule has 0 N–H and O–H groups in total. The maximum absolute atomic E-state index is 12.7. The Hall–Kier alpha value is -1.16. The summed E-state index contributed by atoms with van der Waals surface area (Å²) in [5.74, 6) is -14.5. The smallest absolute Gasteiger partial charge is 0.344 e. The van der Waals surface area contributed by atoms with Gasteiger partial charge >= 0.3 is 36.6 Å². The molecular weight excluding hydrogens is 416 g/mol. The molecule has 0 aromatic carbocycles. The first-order valence-electron chi connectivity index (χ1n) is 5.15. The van der Waals surface area contributed by atoms with Crippen LogP contribution in [0.1, 0.15) is 0 Å². The summed E-state index contributed by atoms with van der Waals surface area (Å²) < 4.78 is 197. The van der Waals surface area contributed by atoms with E-state index in [0.29, 0.717) is 0 Å². The molecule has 0 heterocycles. The lowest BCUT2D eigenvalue weighted by atomic mass is 10.1. The van der Waals surface area contributed by atoms with Gasteiger partial charge < -0.3 is 4.74 Å². The summed E-state index contributed by atoms with van der Waals surface area (Å²) in [5.41, 5.74) is 0. The SMILES string of the molecule is FC(F)(F)C(OC(C(F)(F)F)C(F)(F)C(F)(F)F)C(F)(F)C(F)(F)F. The van der Waals surface area contributed by atoms with E-state index in [0.717, 1.165) is 0 Å². The van der Waals surface area contributed by atoms with Crippen LogP contribution in [-0.4, -0.2) is 48.8 Å². The molecule has 0 aliphatic rings. The number of alkyl halides is 16. The standard InChI is InChI=1S/C8H2F16O/c9-3(10,7(19,20)21)1(5(13,14)15)25-2(6(16,17)18)4(11,12)8(22,23)24/h1-2H. The quantitative estimate of drug-likeness (QED) is 0.567. The highest BCUT2D eigenvalue weighted by atomic mass is 19.4. The first-order chi connectivity index (χ1) is 10.5. The fourth-order valence-electron chi connectivity index (χ4n) is 1.17. The summed E-state index contributed by atoms with van der Waals surface area (Å²) in [6, 6.07) is 0. The summed E-state index contributed by atoms with van der Waals surface area (Å²) in [7, 11) is 0. The van der Waals surface area contributed by atoms with Crippen LogP contribution >= 0.6 is 0 Å². The molecule has 0 saturated heterocycles. The Kier molecular flexibility index (Phi) is 5.93. The normalized spacial score (nSPS) is 18.2. The van der Waals surface area contributed by atoms with E-state index in [1.54, 1.807) is 0 Å². The van der Waals surface area contributed by atoms with Crippen LogP contribution in [0.5, 0.6) is 0 Å². The van der Waals surface area contributed by atoms with Crippen molar-refractivity contribution in [2.45, 2.75) is 48.8 Å². The number of hydrogen-bond donors (Lipinski definition) is 0. The molecule has 0 radical (unpaired) electrons. The topological polar surface area (TPSA) is 9.23 Å². The van der Waals surface area contributed by atoms with E-state index < -0.39 is 48.8 Å². The van der Waals surface area contributed by atoms with Crippen molar-refractivity contribution in [1.29, 1.82) is 0 Å². The van der Waals surface area contributed by atoms with E-state index in [-0.39, 0.29) is 0 Å². The first kappa shape index (κ1) is 23.8. The largest absolute Gasteiger partial charge is 0.456 e. The third kappa shape index (κ3) is 4.93. The molecule has 0 rings (SSSR count). The molecule has 0 fully saturated rings. The van der Waals surface area contributed by atoms with Crippen molar-refractivity contribution in [3.63, 3.8) is 0 Å². The first-order valence-corrected chi connectivity index (χ1v) is 5.15. The van der Waals surface area contributed by atoms with Gasteiger partial charge in [0.05, 0.1) is 0 Å². The average molecular weight is 418 g/mol. The van der Waals surface area contributed by atoms with Gasteiger partial charge in [-0.1, -0.05) is 0 Å². The fourth-order valence-corrected chi connectivity index (χ4v) is 1.17. The van der Waals surface area contributed by atoms with Crippen molar-refractivity contribution in [2.75, 3.05) is 0 Å². The maximum atomic E-state index is 12.7. The molecule has 2 atom stereocenters. The van der Waals surface area contributed by atoms with Crippen LogP contribution in [-0.2, 0) is 4.74 Å². The van der Waals surface area contributed by atoms with E-state index in [1.807, 2.05) is 4.74 Å². The van der Waals surface area contributed by atoms with Crippen molar-refractivity contribution in [3.05, 3.63) is 0 Å². The van der Waals surface area contributed by atoms with Gasteiger partial charge in [0, 0.05) is 0 Å². The molecule has 2 unspecified atom stereocenters. The molecule has 152 valence electrons. The van der Waals surface area contributed by atoms with E-state index in [9.17, 15) is 70.2 Å². The van der Waals surface area contributed by atoms with Crippen LogP contribution in [0.4, 0.5) is 70.2 Å². The number of hydrogen-bond acceptors (Lipinski definition) is 1. The summed E-state index contributed by atoms with van der Waals surface area (Å²) in [4.78, 5) is 0. The lowest BCUT2D eigenvalue weighted by Gasteiger charge is -2.36. The molecule has 0 aliphatic carbocycles. The Morgan fingerprint density at radius 1 is 0.400 bits per heavy atom. The van der Waals surface area contributed by atoms with E-state index in [4.69, 9.17) is 0 Å². The minimum atomic E-state index is -7.28. The number of halogens is 16. The van der Waals surface area contributed by atoms with Gasteiger partial charge in [-0.15, -0.1) is 0 Å².